The van der Waals surface area contributed by atoms with Crippen molar-refractivity contribution in [2.45, 2.75) is 26.3 Å². The Kier molecular flexibility index (Phi) is 9.86. The first-order valence-electron chi connectivity index (χ1n) is 10.3. The summed E-state index contributed by atoms with van der Waals surface area (Å²) in [4.78, 5) is 18.7. The molecule has 1 atom stereocenters. The summed E-state index contributed by atoms with van der Waals surface area (Å²) >= 11 is 0. The number of aliphatic imine (C=N–C) groups is 1. The number of carbonyl (C=O) groups is 1. The average Bonchev–Trinajstić information content (AvgIpc) is 3.32. The van der Waals surface area contributed by atoms with Gasteiger partial charge in [0.1, 0.15) is 6.61 Å². The molecule has 1 heterocycles. The van der Waals surface area contributed by atoms with Crippen LogP contribution >= 0.6 is 0 Å². The molecule has 4 N–H and O–H groups in total. The molecule has 2 aromatic rings. The molecule has 0 saturated heterocycles. The zero-order chi connectivity index (χ0) is 23.3. The minimum absolute atomic E-state index is 0.0536. The molecular weight excluding hydrogens is 406 g/mol. The Bertz CT molecular complexity index is 965. The molecule has 0 bridgehead atoms. The molecular formula is C23H31N7O2. The number of nitrogens with one attached hydrogen (secondary N) is 2. The summed E-state index contributed by atoms with van der Waals surface area (Å²) in [6, 6.07) is 5.55. The highest BCUT2D eigenvalue weighted by molar-refractivity contribution is 5.98. The van der Waals surface area contributed by atoms with Crippen molar-refractivity contribution < 1.29 is 9.53 Å². The molecule has 1 aromatic carbocycles. The largest absolute Gasteiger partial charge is 0.473 e. The van der Waals surface area contributed by atoms with Gasteiger partial charge in [0.15, 0.2) is 0 Å². The van der Waals surface area contributed by atoms with E-state index < -0.39 is 0 Å². The van der Waals surface area contributed by atoms with Crippen LogP contribution in [0.5, 0.6) is 0 Å². The van der Waals surface area contributed by atoms with Crippen LogP contribution in [-0.4, -0.2) is 52.7 Å². The molecule has 9 nitrogen and oxygen atoms in total. The second-order valence-electron chi connectivity index (χ2n) is 7.05. The van der Waals surface area contributed by atoms with Crippen LogP contribution in [0.3, 0.4) is 0 Å². The standard InChI is InChI=1S/C23H31N7O2/c1-5-13-32-23(19(6-2)15-24)26-16-25-10-9-18(4)29-22(31)20-14-17(3)7-8-21(20)30-27-11-12-28-30/h5-8,11-12,14-15,18,25H,1-2,9-10,13,16,24H2,3-4H3,(H,29,31)/b19-15-,26-23?/t18-/m1/s1. The Balaban J connectivity index is 1.89. The number of amides is 1. The molecule has 0 saturated carbocycles. The molecule has 1 amide bonds. The first-order valence-corrected chi connectivity index (χ1v) is 10.3. The fraction of sp³-hybridized carbons (Fsp3) is 0.304. The summed E-state index contributed by atoms with van der Waals surface area (Å²) in [7, 11) is 0. The predicted octanol–water partition coefficient (Wildman–Crippen LogP) is 2.26. The fourth-order valence-electron chi connectivity index (χ4n) is 2.83. The van der Waals surface area contributed by atoms with Crippen molar-refractivity contribution in [3.8, 4) is 5.69 Å². The van der Waals surface area contributed by atoms with Gasteiger partial charge in [-0.3, -0.25) is 10.1 Å². The van der Waals surface area contributed by atoms with E-state index in [-0.39, 0.29) is 11.9 Å². The number of benzene rings is 1. The lowest BCUT2D eigenvalue weighted by Gasteiger charge is -2.16. The van der Waals surface area contributed by atoms with Crippen LogP contribution in [0.4, 0.5) is 0 Å². The van der Waals surface area contributed by atoms with Crippen molar-refractivity contribution in [3.63, 3.8) is 0 Å². The van der Waals surface area contributed by atoms with Crippen molar-refractivity contribution in [1.29, 1.82) is 0 Å². The summed E-state index contributed by atoms with van der Waals surface area (Å²) in [5.41, 5.74) is 8.34. The Morgan fingerprint density at radius 2 is 2.09 bits per heavy atom. The number of hydrogen-bond donors (Lipinski definition) is 3. The number of nitrogens with two attached hydrogens (primary N) is 1. The van der Waals surface area contributed by atoms with Gasteiger partial charge in [-0.15, -0.1) is 0 Å². The second kappa shape index (κ2) is 12.9. The summed E-state index contributed by atoms with van der Waals surface area (Å²) in [6.07, 6.45) is 8.47. The van der Waals surface area contributed by atoms with Gasteiger partial charge in [0.25, 0.3) is 5.91 Å². The quantitative estimate of drug-likeness (QED) is 0.154. The normalized spacial score (nSPS) is 12.8. The zero-order valence-electron chi connectivity index (χ0n) is 18.6. The van der Waals surface area contributed by atoms with E-state index in [0.717, 1.165) is 5.56 Å². The third-order valence-corrected chi connectivity index (χ3v) is 4.48. The van der Waals surface area contributed by atoms with Gasteiger partial charge >= 0.3 is 0 Å². The third-order valence-electron chi connectivity index (χ3n) is 4.48. The lowest BCUT2D eigenvalue weighted by Crippen LogP contribution is -2.35. The number of aryl methyl sites for hydroxylation is 1. The predicted molar refractivity (Wildman–Crippen MR) is 127 cm³/mol. The van der Waals surface area contributed by atoms with Crippen LogP contribution in [0.25, 0.3) is 5.69 Å². The van der Waals surface area contributed by atoms with Gasteiger partial charge in [-0.1, -0.05) is 36.9 Å². The van der Waals surface area contributed by atoms with Crippen molar-refractivity contribution in [1.82, 2.24) is 25.6 Å². The van der Waals surface area contributed by atoms with Gasteiger partial charge in [0.05, 0.1) is 35.9 Å². The molecule has 1 aromatic heterocycles. The van der Waals surface area contributed by atoms with E-state index in [1.54, 1.807) is 24.5 Å². The smallest absolute Gasteiger partial charge is 0.253 e. The minimum Gasteiger partial charge on any atom is -0.473 e. The topological polar surface area (TPSA) is 119 Å². The van der Waals surface area contributed by atoms with E-state index in [1.807, 2.05) is 32.0 Å². The number of carbonyl (C=O) groups excluding carboxylic acids is 1. The number of hydrogen-bond acceptors (Lipinski definition) is 7. The molecule has 170 valence electrons. The van der Waals surface area contributed by atoms with E-state index >= 15 is 0 Å². The van der Waals surface area contributed by atoms with E-state index in [4.69, 9.17) is 10.5 Å². The van der Waals surface area contributed by atoms with Gasteiger partial charge in [0.2, 0.25) is 5.90 Å². The summed E-state index contributed by atoms with van der Waals surface area (Å²) < 4.78 is 5.52. The van der Waals surface area contributed by atoms with Gasteiger partial charge in [0, 0.05) is 12.2 Å². The van der Waals surface area contributed by atoms with Crippen LogP contribution in [0.15, 0.2) is 72.7 Å². The minimum atomic E-state index is -0.171. The molecule has 0 unspecified atom stereocenters. The Labute approximate surface area is 188 Å². The molecule has 0 radical (unpaired) electrons. The summed E-state index contributed by atoms with van der Waals surface area (Å²) in [6.45, 7) is 12.5. The van der Waals surface area contributed by atoms with Gasteiger partial charge in [-0.05, 0) is 38.9 Å². The maximum Gasteiger partial charge on any atom is 0.253 e. The highest BCUT2D eigenvalue weighted by Gasteiger charge is 2.16. The maximum atomic E-state index is 12.9. The van der Waals surface area contributed by atoms with Crippen LogP contribution in [0.2, 0.25) is 0 Å². The average molecular weight is 438 g/mol. The Morgan fingerprint density at radius 1 is 1.34 bits per heavy atom. The zero-order valence-corrected chi connectivity index (χ0v) is 18.6. The molecule has 0 aliphatic rings. The third kappa shape index (κ3) is 7.21. The Hall–Kier alpha value is -3.72. The molecule has 2 rings (SSSR count). The molecule has 0 fully saturated rings. The number of ether oxygens (including phenoxy) is 1. The van der Waals surface area contributed by atoms with Gasteiger partial charge in [-0.25, -0.2) is 4.99 Å². The van der Waals surface area contributed by atoms with Crippen molar-refractivity contribution in [2.75, 3.05) is 19.8 Å². The van der Waals surface area contributed by atoms with Crippen LogP contribution in [0.1, 0.15) is 29.3 Å². The van der Waals surface area contributed by atoms with E-state index in [1.165, 1.54) is 11.0 Å². The van der Waals surface area contributed by atoms with Crippen molar-refractivity contribution >= 4 is 11.8 Å². The van der Waals surface area contributed by atoms with E-state index in [2.05, 4.69) is 39.0 Å². The van der Waals surface area contributed by atoms with Gasteiger partial charge < -0.3 is 15.8 Å². The Morgan fingerprint density at radius 3 is 2.75 bits per heavy atom. The molecule has 9 heteroatoms. The lowest BCUT2D eigenvalue weighted by atomic mass is 10.1. The van der Waals surface area contributed by atoms with Crippen molar-refractivity contribution in [3.05, 3.63) is 78.8 Å². The molecule has 0 aliphatic heterocycles. The van der Waals surface area contributed by atoms with Gasteiger partial charge in [-0.2, -0.15) is 15.0 Å². The monoisotopic (exact) mass is 437 g/mol. The molecule has 0 spiro atoms. The van der Waals surface area contributed by atoms with E-state index in [9.17, 15) is 4.79 Å². The first-order chi connectivity index (χ1) is 15.5. The highest BCUT2D eigenvalue weighted by Crippen LogP contribution is 2.15. The number of nitrogens with zero attached hydrogens (tertiary/aromatic N) is 4. The fourth-order valence-corrected chi connectivity index (χ4v) is 2.83. The van der Waals surface area contributed by atoms with E-state index in [0.29, 0.717) is 49.0 Å². The number of rotatable bonds is 12. The van der Waals surface area contributed by atoms with Crippen LogP contribution < -0.4 is 16.4 Å². The van der Waals surface area contributed by atoms with Crippen LogP contribution in [0, 0.1) is 6.92 Å². The lowest BCUT2D eigenvalue weighted by molar-refractivity contribution is 0.0938. The van der Waals surface area contributed by atoms with Crippen molar-refractivity contribution in [2.24, 2.45) is 10.7 Å². The summed E-state index contributed by atoms with van der Waals surface area (Å²) in [5, 5.41) is 14.5. The highest BCUT2D eigenvalue weighted by atomic mass is 16.5. The second-order valence-corrected chi connectivity index (χ2v) is 7.05. The molecule has 32 heavy (non-hydrogen) atoms. The first kappa shape index (κ1) is 24.5. The molecule has 0 aliphatic carbocycles. The van der Waals surface area contributed by atoms with Crippen LogP contribution in [-0.2, 0) is 4.74 Å². The number of aromatic nitrogens is 3. The maximum absolute atomic E-state index is 12.9. The summed E-state index contributed by atoms with van der Waals surface area (Å²) in [5.74, 6) is 0.228. The SMILES string of the molecule is C=CCOC(=NCNCC[C@@H](C)NC(=O)c1cc(C)ccc1-n1nccn1)/C(C=C)=C\N.